The Morgan fingerprint density at radius 1 is 1.23 bits per heavy atom. The summed E-state index contributed by atoms with van der Waals surface area (Å²) < 4.78 is 43.3. The first kappa shape index (κ1) is 22.9. The molecule has 1 amide bonds. The SMILES string of the molecule is CN(C)C=NS(=O)(=O)c1cc(NC(=O)Cc2c(F)cccc2Cl)cc2c(Cl)nccc12. The molecular formula is C20H17Cl2FN4O3S. The van der Waals surface area contributed by atoms with Crippen molar-refractivity contribution in [3.63, 3.8) is 0 Å². The van der Waals surface area contributed by atoms with Crippen LogP contribution < -0.4 is 5.32 Å². The number of rotatable bonds is 6. The van der Waals surface area contributed by atoms with Gasteiger partial charge in [0, 0.05) is 47.3 Å². The molecule has 0 radical (unpaired) electrons. The van der Waals surface area contributed by atoms with Gasteiger partial charge in [-0.05, 0) is 30.3 Å². The van der Waals surface area contributed by atoms with Crippen molar-refractivity contribution in [3.8, 4) is 0 Å². The molecule has 0 atom stereocenters. The van der Waals surface area contributed by atoms with Crippen molar-refractivity contribution in [2.24, 2.45) is 4.40 Å². The first-order valence-corrected chi connectivity index (χ1v) is 11.1. The van der Waals surface area contributed by atoms with Crippen LogP contribution in [0, 0.1) is 5.82 Å². The number of amides is 1. The third-order valence-corrected chi connectivity index (χ3v) is 6.09. The molecule has 7 nitrogen and oxygen atoms in total. The Kier molecular flexibility index (Phi) is 6.78. The normalized spacial score (nSPS) is 11.8. The van der Waals surface area contributed by atoms with Gasteiger partial charge in [0.15, 0.2) is 0 Å². The molecule has 3 rings (SSSR count). The Morgan fingerprint density at radius 2 is 1.97 bits per heavy atom. The van der Waals surface area contributed by atoms with Crippen LogP contribution in [0.2, 0.25) is 10.2 Å². The Bertz CT molecular complexity index is 1280. The number of fused-ring (bicyclic) bond motifs is 1. The lowest BCUT2D eigenvalue weighted by Gasteiger charge is -2.12. The van der Waals surface area contributed by atoms with Gasteiger partial charge in [0.2, 0.25) is 5.91 Å². The fourth-order valence-electron chi connectivity index (χ4n) is 2.78. The van der Waals surface area contributed by atoms with E-state index in [-0.39, 0.29) is 32.7 Å². The molecule has 11 heteroatoms. The van der Waals surface area contributed by atoms with Crippen LogP contribution in [-0.4, -0.2) is 44.6 Å². The second kappa shape index (κ2) is 9.17. The molecule has 0 saturated carbocycles. The minimum atomic E-state index is -4.12. The van der Waals surface area contributed by atoms with Gasteiger partial charge >= 0.3 is 0 Å². The number of hydrogen-bond acceptors (Lipinski definition) is 4. The summed E-state index contributed by atoms with van der Waals surface area (Å²) in [6, 6.07) is 8.35. The van der Waals surface area contributed by atoms with Crippen LogP contribution in [0.25, 0.3) is 10.8 Å². The maximum atomic E-state index is 14.0. The summed E-state index contributed by atoms with van der Waals surface area (Å²) in [5.41, 5.74) is 0.170. The van der Waals surface area contributed by atoms with E-state index in [4.69, 9.17) is 23.2 Å². The van der Waals surface area contributed by atoms with E-state index in [0.717, 1.165) is 6.34 Å². The van der Waals surface area contributed by atoms with E-state index < -0.39 is 21.7 Å². The molecule has 0 aliphatic carbocycles. The molecular weight excluding hydrogens is 466 g/mol. The Morgan fingerprint density at radius 3 is 2.65 bits per heavy atom. The number of carbonyl (C=O) groups excluding carboxylic acids is 1. The zero-order chi connectivity index (χ0) is 22.8. The number of anilines is 1. The van der Waals surface area contributed by atoms with Gasteiger partial charge in [-0.1, -0.05) is 29.3 Å². The molecule has 0 aliphatic heterocycles. The lowest BCUT2D eigenvalue weighted by Crippen LogP contribution is -2.16. The number of nitrogens with one attached hydrogen (secondary N) is 1. The van der Waals surface area contributed by atoms with Gasteiger partial charge in [-0.25, -0.2) is 9.37 Å². The molecule has 1 N–H and O–H groups in total. The van der Waals surface area contributed by atoms with Crippen LogP contribution in [0.1, 0.15) is 5.56 Å². The molecule has 0 spiro atoms. The van der Waals surface area contributed by atoms with Crippen molar-refractivity contribution in [3.05, 3.63) is 64.2 Å². The summed E-state index contributed by atoms with van der Waals surface area (Å²) in [6.45, 7) is 0. The van der Waals surface area contributed by atoms with Gasteiger partial charge in [0.05, 0.1) is 11.3 Å². The largest absolute Gasteiger partial charge is 0.368 e. The predicted molar refractivity (Wildman–Crippen MR) is 120 cm³/mol. The van der Waals surface area contributed by atoms with Crippen molar-refractivity contribution < 1.29 is 17.6 Å². The Labute approximate surface area is 188 Å². The summed E-state index contributed by atoms with van der Waals surface area (Å²) in [5, 5.41) is 3.34. The zero-order valence-corrected chi connectivity index (χ0v) is 18.8. The van der Waals surface area contributed by atoms with E-state index in [0.29, 0.717) is 10.8 Å². The average molecular weight is 483 g/mol. The molecule has 0 aliphatic rings. The Hall–Kier alpha value is -2.75. The van der Waals surface area contributed by atoms with Crippen molar-refractivity contribution in [2.75, 3.05) is 19.4 Å². The minimum Gasteiger partial charge on any atom is -0.368 e. The van der Waals surface area contributed by atoms with Crippen molar-refractivity contribution in [2.45, 2.75) is 11.3 Å². The van der Waals surface area contributed by atoms with E-state index in [2.05, 4.69) is 14.7 Å². The molecule has 3 aromatic rings. The summed E-state index contributed by atoms with van der Waals surface area (Å²) in [6.07, 6.45) is 2.18. The summed E-state index contributed by atoms with van der Waals surface area (Å²) in [4.78, 5) is 17.8. The van der Waals surface area contributed by atoms with Crippen LogP contribution in [0.15, 0.2) is 51.9 Å². The van der Waals surface area contributed by atoms with Gasteiger partial charge in [-0.15, -0.1) is 4.40 Å². The number of benzene rings is 2. The number of halogens is 3. The number of pyridine rings is 1. The molecule has 162 valence electrons. The lowest BCUT2D eigenvalue weighted by molar-refractivity contribution is -0.115. The molecule has 0 saturated heterocycles. The van der Waals surface area contributed by atoms with E-state index in [1.807, 2.05) is 0 Å². The maximum Gasteiger partial charge on any atom is 0.284 e. The van der Waals surface area contributed by atoms with Crippen molar-refractivity contribution >= 4 is 61.9 Å². The van der Waals surface area contributed by atoms with E-state index in [1.165, 1.54) is 47.5 Å². The highest BCUT2D eigenvalue weighted by Gasteiger charge is 2.20. The van der Waals surface area contributed by atoms with Gasteiger partial charge in [0.1, 0.15) is 17.3 Å². The quantitative estimate of drug-likeness (QED) is 0.323. The fraction of sp³-hybridized carbons (Fsp3) is 0.150. The first-order valence-electron chi connectivity index (χ1n) is 8.86. The van der Waals surface area contributed by atoms with Crippen molar-refractivity contribution in [1.29, 1.82) is 0 Å². The predicted octanol–water partition coefficient (Wildman–Crippen LogP) is 4.14. The van der Waals surface area contributed by atoms with Crippen LogP contribution in [0.5, 0.6) is 0 Å². The van der Waals surface area contributed by atoms with Gasteiger partial charge in [-0.3, -0.25) is 4.79 Å². The Balaban J connectivity index is 2.04. The third-order valence-electron chi connectivity index (χ3n) is 4.17. The monoisotopic (exact) mass is 482 g/mol. The van der Waals surface area contributed by atoms with E-state index >= 15 is 0 Å². The highest BCUT2D eigenvalue weighted by Crippen LogP contribution is 2.32. The van der Waals surface area contributed by atoms with Crippen LogP contribution >= 0.6 is 23.2 Å². The molecule has 1 aromatic heterocycles. The lowest BCUT2D eigenvalue weighted by atomic mass is 10.1. The fourth-order valence-corrected chi connectivity index (χ4v) is 4.38. The summed E-state index contributed by atoms with van der Waals surface area (Å²) in [7, 11) is -0.866. The molecule has 0 unspecified atom stereocenters. The summed E-state index contributed by atoms with van der Waals surface area (Å²) in [5.74, 6) is -1.21. The third kappa shape index (κ3) is 5.30. The van der Waals surface area contributed by atoms with E-state index in [9.17, 15) is 17.6 Å². The van der Waals surface area contributed by atoms with Crippen molar-refractivity contribution in [1.82, 2.24) is 9.88 Å². The van der Waals surface area contributed by atoms with Gasteiger partial charge in [0.25, 0.3) is 10.0 Å². The highest BCUT2D eigenvalue weighted by molar-refractivity contribution is 7.90. The highest BCUT2D eigenvalue weighted by atomic mass is 35.5. The minimum absolute atomic E-state index is 0.0329. The topological polar surface area (TPSA) is 91.7 Å². The standard InChI is InChI=1S/C20H17Cl2FN4O3S/c1-27(2)11-25-31(29,30)18-9-12(8-14-13(18)6-7-24-20(14)22)26-19(28)10-15-16(21)4-3-5-17(15)23/h3-9,11H,10H2,1-2H3,(H,26,28). The number of carbonyl (C=O) groups is 1. The number of hydrogen-bond donors (Lipinski definition) is 1. The average Bonchev–Trinajstić information content (AvgIpc) is 2.69. The second-order valence-electron chi connectivity index (χ2n) is 6.76. The smallest absolute Gasteiger partial charge is 0.284 e. The number of aromatic nitrogens is 1. The molecule has 31 heavy (non-hydrogen) atoms. The molecule has 2 aromatic carbocycles. The maximum absolute atomic E-state index is 14.0. The van der Waals surface area contributed by atoms with Gasteiger partial charge in [-0.2, -0.15) is 8.42 Å². The van der Waals surface area contributed by atoms with Crippen LogP contribution in [0.4, 0.5) is 10.1 Å². The second-order valence-corrected chi connectivity index (χ2v) is 9.12. The zero-order valence-electron chi connectivity index (χ0n) is 16.4. The van der Waals surface area contributed by atoms with Crippen LogP contribution in [-0.2, 0) is 21.2 Å². The van der Waals surface area contributed by atoms with Gasteiger partial charge < -0.3 is 10.2 Å². The molecule has 0 fully saturated rings. The molecule has 1 heterocycles. The number of sulfonamides is 1. The summed E-state index contributed by atoms with van der Waals surface area (Å²) >= 11 is 12.1. The first-order chi connectivity index (χ1) is 14.6. The van der Waals surface area contributed by atoms with Crippen LogP contribution in [0.3, 0.4) is 0 Å². The number of nitrogens with zero attached hydrogens (tertiary/aromatic N) is 3. The van der Waals surface area contributed by atoms with E-state index in [1.54, 1.807) is 14.1 Å². The molecule has 0 bridgehead atoms.